The second-order valence-corrected chi connectivity index (χ2v) is 8.35. The number of nitrogens with one attached hydrogen (secondary N) is 1. The molecule has 2 N–H and O–H groups in total. The maximum absolute atomic E-state index is 12.1. The van der Waals surface area contributed by atoms with Gasteiger partial charge >= 0.3 is 12.1 Å². The molecule has 30 heavy (non-hydrogen) atoms. The Bertz CT molecular complexity index is 678. The summed E-state index contributed by atoms with van der Waals surface area (Å²) in [7, 11) is 0. The number of rotatable bonds is 13. The van der Waals surface area contributed by atoms with Crippen LogP contribution < -0.4 is 10.1 Å². The fraction of sp³-hybridized carbons (Fsp3) is 0.636. The maximum Gasteiger partial charge on any atom is 0.408 e. The van der Waals surface area contributed by atoms with Gasteiger partial charge in [0.15, 0.2) is 0 Å². The summed E-state index contributed by atoms with van der Waals surface area (Å²) in [6.07, 6.45) is 2.81. The molecule has 1 aliphatic rings. The van der Waals surface area contributed by atoms with Crippen molar-refractivity contribution in [2.75, 3.05) is 33.0 Å². The number of alkyl carbamates (subject to hydrolysis) is 1. The van der Waals surface area contributed by atoms with Crippen LogP contribution in [0, 0.1) is 0 Å². The molecule has 8 nitrogen and oxygen atoms in total. The SMILES string of the molecule is CC(C)(C)OC(=O)NC1(c2ccc(OCCCOCCCOCC(=O)O)cc2)CC1. The largest absolute Gasteiger partial charge is 0.494 e. The molecule has 0 aromatic heterocycles. The monoisotopic (exact) mass is 423 g/mol. The Morgan fingerprint density at radius 1 is 1.00 bits per heavy atom. The summed E-state index contributed by atoms with van der Waals surface area (Å²) in [5, 5.41) is 11.4. The lowest BCUT2D eigenvalue weighted by Gasteiger charge is -2.23. The quantitative estimate of drug-likeness (QED) is 0.468. The lowest BCUT2D eigenvalue weighted by Crippen LogP contribution is -2.39. The standard InChI is InChI=1S/C22H33NO7/c1-21(2,3)30-20(26)23-22(10-11-22)17-6-8-18(9-7-17)29-15-5-13-27-12-4-14-28-16-19(24)25/h6-9H,4-5,10-16H2,1-3H3,(H,23,26)(H,24,25). The topological polar surface area (TPSA) is 103 Å². The van der Waals surface area contributed by atoms with E-state index in [4.69, 9.17) is 24.1 Å². The number of ether oxygens (including phenoxy) is 4. The molecule has 168 valence electrons. The first-order valence-corrected chi connectivity index (χ1v) is 10.3. The molecule has 1 aliphatic carbocycles. The van der Waals surface area contributed by atoms with E-state index in [1.54, 1.807) is 0 Å². The fourth-order valence-electron chi connectivity index (χ4n) is 2.86. The van der Waals surface area contributed by atoms with E-state index < -0.39 is 17.7 Å². The van der Waals surface area contributed by atoms with Crippen molar-refractivity contribution < 1.29 is 33.6 Å². The highest BCUT2D eigenvalue weighted by Crippen LogP contribution is 2.46. The van der Waals surface area contributed by atoms with Gasteiger partial charge in [-0.15, -0.1) is 0 Å². The number of hydrogen-bond donors (Lipinski definition) is 2. The average molecular weight is 424 g/mol. The molecule has 1 aromatic rings. The predicted molar refractivity (Wildman–Crippen MR) is 111 cm³/mol. The first-order chi connectivity index (χ1) is 14.2. The molecule has 0 saturated heterocycles. The highest BCUT2D eigenvalue weighted by molar-refractivity contribution is 5.70. The summed E-state index contributed by atoms with van der Waals surface area (Å²) < 4.78 is 21.5. The van der Waals surface area contributed by atoms with Gasteiger partial charge in [0.1, 0.15) is 18.0 Å². The van der Waals surface area contributed by atoms with Gasteiger partial charge in [0, 0.05) is 26.2 Å². The van der Waals surface area contributed by atoms with Gasteiger partial charge in [-0.3, -0.25) is 0 Å². The van der Waals surface area contributed by atoms with E-state index in [0.29, 0.717) is 32.8 Å². The minimum atomic E-state index is -0.965. The molecule has 0 spiro atoms. The van der Waals surface area contributed by atoms with E-state index in [9.17, 15) is 9.59 Å². The zero-order valence-electron chi connectivity index (χ0n) is 18.1. The molecular formula is C22H33NO7. The molecule has 1 saturated carbocycles. The van der Waals surface area contributed by atoms with Crippen LogP contribution >= 0.6 is 0 Å². The third-order valence-corrected chi connectivity index (χ3v) is 4.40. The molecule has 0 bridgehead atoms. The van der Waals surface area contributed by atoms with Crippen molar-refractivity contribution in [3.63, 3.8) is 0 Å². The number of benzene rings is 1. The van der Waals surface area contributed by atoms with Gasteiger partial charge in [-0.25, -0.2) is 9.59 Å². The summed E-state index contributed by atoms with van der Waals surface area (Å²) in [5.74, 6) is -0.193. The van der Waals surface area contributed by atoms with Crippen molar-refractivity contribution in [2.45, 2.75) is 57.6 Å². The third-order valence-electron chi connectivity index (χ3n) is 4.40. The van der Waals surface area contributed by atoms with Gasteiger partial charge in [0.25, 0.3) is 0 Å². The van der Waals surface area contributed by atoms with Crippen LogP contribution in [-0.4, -0.2) is 55.8 Å². The van der Waals surface area contributed by atoms with Crippen LogP contribution in [0.4, 0.5) is 4.79 Å². The molecule has 2 rings (SSSR count). The molecule has 0 radical (unpaired) electrons. The highest BCUT2D eigenvalue weighted by atomic mass is 16.6. The van der Waals surface area contributed by atoms with E-state index in [1.807, 2.05) is 45.0 Å². The number of carbonyl (C=O) groups is 2. The predicted octanol–water partition coefficient (Wildman–Crippen LogP) is 3.48. The van der Waals surface area contributed by atoms with E-state index in [2.05, 4.69) is 5.32 Å². The van der Waals surface area contributed by atoms with Crippen LogP contribution in [0.25, 0.3) is 0 Å². The Hall–Kier alpha value is -2.32. The van der Waals surface area contributed by atoms with Gasteiger partial charge in [-0.1, -0.05) is 12.1 Å². The van der Waals surface area contributed by atoms with Crippen molar-refractivity contribution >= 4 is 12.1 Å². The van der Waals surface area contributed by atoms with Crippen molar-refractivity contribution in [2.24, 2.45) is 0 Å². The first kappa shape index (κ1) is 24.0. The molecule has 0 unspecified atom stereocenters. The van der Waals surface area contributed by atoms with E-state index in [1.165, 1.54) is 0 Å². The highest BCUT2D eigenvalue weighted by Gasteiger charge is 2.46. The molecule has 0 aliphatic heterocycles. The van der Waals surface area contributed by atoms with E-state index in [-0.39, 0.29) is 12.1 Å². The van der Waals surface area contributed by atoms with Gasteiger partial charge < -0.3 is 29.4 Å². The molecule has 1 fully saturated rings. The van der Waals surface area contributed by atoms with Crippen LogP contribution in [0.15, 0.2) is 24.3 Å². The van der Waals surface area contributed by atoms with Gasteiger partial charge in [-0.05, 0) is 57.7 Å². The third kappa shape index (κ3) is 9.00. The summed E-state index contributed by atoms with van der Waals surface area (Å²) in [6, 6.07) is 7.78. The van der Waals surface area contributed by atoms with Crippen LogP contribution in [0.1, 0.15) is 52.0 Å². The number of carboxylic acid groups (broad SMARTS) is 1. The van der Waals surface area contributed by atoms with Crippen LogP contribution in [0.3, 0.4) is 0 Å². The fourth-order valence-corrected chi connectivity index (χ4v) is 2.86. The van der Waals surface area contributed by atoms with Gasteiger partial charge in [-0.2, -0.15) is 0 Å². The smallest absolute Gasteiger partial charge is 0.408 e. The Labute approximate surface area is 177 Å². The Morgan fingerprint density at radius 3 is 2.17 bits per heavy atom. The molecular weight excluding hydrogens is 390 g/mol. The number of aliphatic carboxylic acids is 1. The van der Waals surface area contributed by atoms with Crippen LogP contribution in [0.2, 0.25) is 0 Å². The summed E-state index contributed by atoms with van der Waals surface area (Å²) in [6.45, 7) is 7.28. The van der Waals surface area contributed by atoms with Crippen molar-refractivity contribution in [3.8, 4) is 5.75 Å². The number of amides is 1. The molecule has 0 heterocycles. The first-order valence-electron chi connectivity index (χ1n) is 10.3. The number of hydrogen-bond acceptors (Lipinski definition) is 6. The summed E-state index contributed by atoms with van der Waals surface area (Å²) >= 11 is 0. The zero-order valence-corrected chi connectivity index (χ0v) is 18.1. The Kier molecular flexibility index (Phi) is 8.92. The Balaban J connectivity index is 1.61. The second kappa shape index (κ2) is 11.2. The Morgan fingerprint density at radius 2 is 1.60 bits per heavy atom. The zero-order chi connectivity index (χ0) is 22.0. The lowest BCUT2D eigenvalue weighted by atomic mass is 10.1. The number of carbonyl (C=O) groups excluding carboxylic acids is 1. The summed E-state index contributed by atoms with van der Waals surface area (Å²) in [5.41, 5.74) is 0.202. The molecule has 1 amide bonds. The second-order valence-electron chi connectivity index (χ2n) is 8.35. The van der Waals surface area contributed by atoms with E-state index >= 15 is 0 Å². The van der Waals surface area contributed by atoms with Crippen molar-refractivity contribution in [1.29, 1.82) is 0 Å². The average Bonchev–Trinajstić information content (AvgIpc) is 3.42. The molecule has 1 aromatic carbocycles. The lowest BCUT2D eigenvalue weighted by molar-refractivity contribution is -0.142. The van der Waals surface area contributed by atoms with Crippen LogP contribution in [-0.2, 0) is 24.5 Å². The normalized spacial score (nSPS) is 14.8. The van der Waals surface area contributed by atoms with Crippen LogP contribution in [0.5, 0.6) is 5.75 Å². The van der Waals surface area contributed by atoms with Crippen molar-refractivity contribution in [1.82, 2.24) is 5.32 Å². The van der Waals surface area contributed by atoms with Gasteiger partial charge in [0.2, 0.25) is 0 Å². The maximum atomic E-state index is 12.1. The minimum absolute atomic E-state index is 0.273. The molecule has 0 atom stereocenters. The van der Waals surface area contributed by atoms with E-state index in [0.717, 1.165) is 30.6 Å². The summed E-state index contributed by atoms with van der Waals surface area (Å²) in [4.78, 5) is 22.4. The van der Waals surface area contributed by atoms with Gasteiger partial charge in [0.05, 0.1) is 12.1 Å². The molecule has 8 heteroatoms. The minimum Gasteiger partial charge on any atom is -0.494 e. The van der Waals surface area contributed by atoms with Crippen molar-refractivity contribution in [3.05, 3.63) is 29.8 Å². The number of carboxylic acids is 1.